The number of rotatable bonds is 6. The normalized spacial score (nSPS) is 12.5. The summed E-state index contributed by atoms with van der Waals surface area (Å²) in [5.74, 6) is 2.11. The van der Waals surface area contributed by atoms with E-state index in [-0.39, 0.29) is 36.6 Å². The van der Waals surface area contributed by atoms with E-state index in [9.17, 15) is 4.39 Å². The van der Waals surface area contributed by atoms with Crippen LogP contribution in [0.1, 0.15) is 18.1 Å². The summed E-state index contributed by atoms with van der Waals surface area (Å²) in [6, 6.07) is 12.4. The lowest BCUT2D eigenvalue weighted by molar-refractivity contribution is 0.174. The number of fused-ring (bicyclic) bond motifs is 1. The first kappa shape index (κ1) is 20.3. The zero-order valence-electron chi connectivity index (χ0n) is 14.6. The lowest BCUT2D eigenvalue weighted by Gasteiger charge is -2.11. The third kappa shape index (κ3) is 5.76. The Kier molecular flexibility index (Phi) is 7.96. The van der Waals surface area contributed by atoms with E-state index in [2.05, 4.69) is 15.6 Å². The van der Waals surface area contributed by atoms with Gasteiger partial charge in [0.2, 0.25) is 6.79 Å². The summed E-state index contributed by atoms with van der Waals surface area (Å²) >= 11 is 0. The fraction of sp³-hybridized carbons (Fsp3) is 0.316. The third-order valence-corrected chi connectivity index (χ3v) is 3.82. The van der Waals surface area contributed by atoms with Crippen LogP contribution in [-0.4, -0.2) is 25.8 Å². The highest BCUT2D eigenvalue weighted by atomic mass is 127. The van der Waals surface area contributed by atoms with Crippen molar-refractivity contribution in [2.75, 3.05) is 19.9 Å². The van der Waals surface area contributed by atoms with Gasteiger partial charge in [0.25, 0.3) is 0 Å². The molecular weight excluding hydrogens is 448 g/mol. The summed E-state index contributed by atoms with van der Waals surface area (Å²) in [4.78, 5) is 4.53. The molecule has 0 bridgehead atoms. The summed E-state index contributed by atoms with van der Waals surface area (Å²) in [6.07, 6.45) is 0.845. The van der Waals surface area contributed by atoms with Crippen LogP contribution < -0.4 is 20.1 Å². The van der Waals surface area contributed by atoms with E-state index in [1.54, 1.807) is 12.1 Å². The van der Waals surface area contributed by atoms with Crippen LogP contribution in [0.15, 0.2) is 47.5 Å². The molecule has 0 amide bonds. The Hall–Kier alpha value is -2.03. The molecule has 5 nitrogen and oxygen atoms in total. The smallest absolute Gasteiger partial charge is 0.231 e. The molecule has 2 aromatic rings. The van der Waals surface area contributed by atoms with Gasteiger partial charge in [-0.1, -0.05) is 18.2 Å². The monoisotopic (exact) mass is 471 g/mol. The number of halogens is 2. The molecule has 26 heavy (non-hydrogen) atoms. The minimum absolute atomic E-state index is 0. The molecule has 1 aliphatic heterocycles. The molecule has 0 fully saturated rings. The second kappa shape index (κ2) is 10.2. The maximum absolute atomic E-state index is 12.9. The molecule has 0 aliphatic carbocycles. The number of nitrogens with one attached hydrogen (secondary N) is 2. The summed E-state index contributed by atoms with van der Waals surface area (Å²) in [6.45, 7) is 4.33. The zero-order valence-corrected chi connectivity index (χ0v) is 17.0. The summed E-state index contributed by atoms with van der Waals surface area (Å²) in [5, 5.41) is 6.52. The number of benzene rings is 2. The van der Waals surface area contributed by atoms with Crippen LogP contribution >= 0.6 is 24.0 Å². The summed E-state index contributed by atoms with van der Waals surface area (Å²) in [7, 11) is 0. The summed E-state index contributed by atoms with van der Waals surface area (Å²) in [5.41, 5.74) is 2.14. The molecular formula is C19H23FIN3O2. The average Bonchev–Trinajstić information content (AvgIpc) is 3.09. The van der Waals surface area contributed by atoms with Gasteiger partial charge < -0.3 is 20.1 Å². The van der Waals surface area contributed by atoms with Gasteiger partial charge in [-0.25, -0.2) is 9.38 Å². The number of nitrogens with zero attached hydrogens (tertiary/aromatic N) is 1. The molecule has 3 rings (SSSR count). The molecule has 0 aromatic heterocycles. The van der Waals surface area contributed by atoms with Crippen LogP contribution in [0.25, 0.3) is 0 Å². The Labute approximate surface area is 170 Å². The van der Waals surface area contributed by atoms with Crippen molar-refractivity contribution in [3.8, 4) is 11.5 Å². The molecule has 0 saturated carbocycles. The SMILES string of the molecule is CCNC(=NCc1ccc(F)cc1)NCCc1ccc2c(c1)OCO2.I. The molecule has 140 valence electrons. The molecule has 7 heteroatoms. The van der Waals surface area contributed by atoms with E-state index in [1.165, 1.54) is 17.7 Å². The molecule has 1 aliphatic rings. The number of guanidine groups is 1. The maximum atomic E-state index is 12.9. The van der Waals surface area contributed by atoms with Crippen molar-refractivity contribution in [2.45, 2.75) is 19.9 Å². The molecule has 0 unspecified atom stereocenters. The van der Waals surface area contributed by atoms with Crippen molar-refractivity contribution in [1.29, 1.82) is 0 Å². The van der Waals surface area contributed by atoms with Gasteiger partial charge >= 0.3 is 0 Å². The van der Waals surface area contributed by atoms with E-state index in [0.717, 1.165) is 42.5 Å². The van der Waals surface area contributed by atoms with E-state index in [4.69, 9.17) is 9.47 Å². The highest BCUT2D eigenvalue weighted by Gasteiger charge is 2.12. The Balaban J connectivity index is 0.00000243. The molecule has 0 atom stereocenters. The molecule has 1 heterocycles. The second-order valence-electron chi connectivity index (χ2n) is 5.69. The number of aliphatic imine (C=N–C) groups is 1. The van der Waals surface area contributed by atoms with Gasteiger partial charge in [0, 0.05) is 13.1 Å². The molecule has 2 N–H and O–H groups in total. The summed E-state index contributed by atoms with van der Waals surface area (Å²) < 4.78 is 23.7. The number of ether oxygens (including phenoxy) is 2. The lowest BCUT2D eigenvalue weighted by Crippen LogP contribution is -2.38. The highest BCUT2D eigenvalue weighted by Crippen LogP contribution is 2.32. The Bertz CT molecular complexity index is 738. The van der Waals surface area contributed by atoms with Gasteiger partial charge in [0.15, 0.2) is 17.5 Å². The minimum Gasteiger partial charge on any atom is -0.454 e. The van der Waals surface area contributed by atoms with Crippen molar-refractivity contribution >= 4 is 29.9 Å². The van der Waals surface area contributed by atoms with Crippen LogP contribution in [0.2, 0.25) is 0 Å². The molecule has 0 saturated heterocycles. The highest BCUT2D eigenvalue weighted by molar-refractivity contribution is 14.0. The van der Waals surface area contributed by atoms with Crippen LogP contribution in [0.5, 0.6) is 11.5 Å². The second-order valence-corrected chi connectivity index (χ2v) is 5.69. The quantitative estimate of drug-likeness (QED) is 0.385. The van der Waals surface area contributed by atoms with Crippen LogP contribution in [0, 0.1) is 5.82 Å². The van der Waals surface area contributed by atoms with E-state index in [1.807, 2.05) is 25.1 Å². The first-order valence-electron chi connectivity index (χ1n) is 8.40. The maximum Gasteiger partial charge on any atom is 0.231 e. The van der Waals surface area contributed by atoms with Gasteiger partial charge in [-0.15, -0.1) is 24.0 Å². The van der Waals surface area contributed by atoms with E-state index in [0.29, 0.717) is 6.54 Å². The largest absolute Gasteiger partial charge is 0.454 e. The first-order chi connectivity index (χ1) is 12.2. The first-order valence-corrected chi connectivity index (χ1v) is 8.40. The molecule has 0 radical (unpaired) electrons. The molecule has 0 spiro atoms. The van der Waals surface area contributed by atoms with Crippen molar-refractivity contribution in [3.05, 3.63) is 59.4 Å². The minimum atomic E-state index is -0.235. The van der Waals surface area contributed by atoms with Crippen molar-refractivity contribution in [1.82, 2.24) is 10.6 Å². The van der Waals surface area contributed by atoms with E-state index < -0.39 is 0 Å². The predicted octanol–water partition coefficient (Wildman–Crippen LogP) is 3.47. The fourth-order valence-electron chi connectivity index (χ4n) is 2.52. The van der Waals surface area contributed by atoms with Gasteiger partial charge in [-0.05, 0) is 48.7 Å². The Morgan fingerprint density at radius 1 is 1.04 bits per heavy atom. The topological polar surface area (TPSA) is 54.9 Å². The predicted molar refractivity (Wildman–Crippen MR) is 111 cm³/mol. The number of hydrogen-bond donors (Lipinski definition) is 2. The van der Waals surface area contributed by atoms with Gasteiger partial charge in [0.1, 0.15) is 5.82 Å². The van der Waals surface area contributed by atoms with Crippen molar-refractivity contribution in [2.24, 2.45) is 4.99 Å². The zero-order chi connectivity index (χ0) is 17.5. The van der Waals surface area contributed by atoms with Crippen molar-refractivity contribution in [3.63, 3.8) is 0 Å². The van der Waals surface area contributed by atoms with E-state index >= 15 is 0 Å². The third-order valence-electron chi connectivity index (χ3n) is 3.82. The fourth-order valence-corrected chi connectivity index (χ4v) is 2.52. The van der Waals surface area contributed by atoms with Crippen molar-refractivity contribution < 1.29 is 13.9 Å². The molecule has 2 aromatic carbocycles. The van der Waals surface area contributed by atoms with Crippen LogP contribution in [0.3, 0.4) is 0 Å². The number of hydrogen-bond acceptors (Lipinski definition) is 3. The van der Waals surface area contributed by atoms with Crippen LogP contribution in [0.4, 0.5) is 4.39 Å². The van der Waals surface area contributed by atoms with Gasteiger partial charge in [-0.3, -0.25) is 0 Å². The Morgan fingerprint density at radius 3 is 2.54 bits per heavy atom. The van der Waals surface area contributed by atoms with Gasteiger partial charge in [0.05, 0.1) is 6.54 Å². The standard InChI is InChI=1S/C19H22FN3O2.HI/c1-2-21-19(23-12-15-3-6-16(20)7-4-15)22-10-9-14-5-8-17-18(11-14)25-13-24-17;/h3-8,11H,2,9-10,12-13H2,1H3,(H2,21,22,23);1H. The van der Waals surface area contributed by atoms with Gasteiger partial charge in [-0.2, -0.15) is 0 Å². The Morgan fingerprint density at radius 2 is 1.77 bits per heavy atom. The van der Waals surface area contributed by atoms with Crippen LogP contribution in [-0.2, 0) is 13.0 Å². The lowest BCUT2D eigenvalue weighted by atomic mass is 10.1. The average molecular weight is 471 g/mol.